The molecule has 1 fully saturated rings. The zero-order chi connectivity index (χ0) is 15.5. The highest BCUT2D eigenvalue weighted by molar-refractivity contribution is 6.30. The molecule has 8 heteroatoms. The summed E-state index contributed by atoms with van der Waals surface area (Å²) in [6, 6.07) is 3.12. The molecule has 1 heterocycles. The number of rotatable bonds is 3. The van der Waals surface area contributed by atoms with E-state index in [-0.39, 0.29) is 23.2 Å². The van der Waals surface area contributed by atoms with Crippen LogP contribution in [0, 0.1) is 0 Å². The topological polar surface area (TPSA) is 41.6 Å². The van der Waals surface area contributed by atoms with E-state index in [9.17, 15) is 18.0 Å². The second-order valence-electron chi connectivity index (χ2n) is 4.57. The van der Waals surface area contributed by atoms with E-state index in [0.29, 0.717) is 26.3 Å². The van der Waals surface area contributed by atoms with Crippen molar-refractivity contribution in [3.63, 3.8) is 0 Å². The molecular weight excluding hydrogens is 309 g/mol. The number of hydrogen-bond donors (Lipinski definition) is 1. The molecule has 0 saturated carbocycles. The van der Waals surface area contributed by atoms with Gasteiger partial charge in [0.15, 0.2) is 0 Å². The molecule has 116 valence electrons. The van der Waals surface area contributed by atoms with Crippen molar-refractivity contribution in [2.75, 3.05) is 38.2 Å². The number of carbonyl (C=O) groups is 1. The summed E-state index contributed by atoms with van der Waals surface area (Å²) in [6.07, 6.45) is -4.48. The molecule has 4 nitrogen and oxygen atoms in total. The Morgan fingerprint density at radius 3 is 2.57 bits per heavy atom. The summed E-state index contributed by atoms with van der Waals surface area (Å²) in [5, 5.41) is 2.64. The highest BCUT2D eigenvalue weighted by Gasteiger charge is 2.31. The van der Waals surface area contributed by atoms with Gasteiger partial charge in [-0.15, -0.1) is 0 Å². The quantitative estimate of drug-likeness (QED) is 0.930. The third-order valence-electron chi connectivity index (χ3n) is 3.03. The predicted molar refractivity (Wildman–Crippen MR) is 72.3 cm³/mol. The maximum absolute atomic E-state index is 12.7. The average molecular weight is 323 g/mol. The summed E-state index contributed by atoms with van der Waals surface area (Å²) in [4.78, 5) is 13.5. The lowest BCUT2D eigenvalue weighted by molar-refractivity contribution is -0.137. The van der Waals surface area contributed by atoms with Crippen LogP contribution in [0.2, 0.25) is 5.02 Å². The van der Waals surface area contributed by atoms with Crippen molar-refractivity contribution in [2.45, 2.75) is 6.18 Å². The van der Waals surface area contributed by atoms with E-state index >= 15 is 0 Å². The van der Waals surface area contributed by atoms with Gasteiger partial charge in [-0.05, 0) is 18.2 Å². The van der Waals surface area contributed by atoms with Crippen LogP contribution >= 0.6 is 11.6 Å². The summed E-state index contributed by atoms with van der Waals surface area (Å²) in [7, 11) is 0. The Hall–Kier alpha value is -1.47. The molecule has 1 saturated heterocycles. The third kappa shape index (κ3) is 4.50. The maximum atomic E-state index is 12.7. The SMILES string of the molecule is O=C(CNc1cc(Cl)cc(C(F)(F)F)c1)N1CCOCC1. The molecule has 1 aromatic carbocycles. The second kappa shape index (κ2) is 6.53. The molecule has 1 aliphatic heterocycles. The Balaban J connectivity index is 1.99. The van der Waals surface area contributed by atoms with Crippen LogP contribution < -0.4 is 5.32 Å². The van der Waals surface area contributed by atoms with E-state index in [1.807, 2.05) is 0 Å². The Kier molecular flexibility index (Phi) is 4.95. The molecule has 0 aliphatic carbocycles. The molecule has 0 spiro atoms. The minimum absolute atomic E-state index is 0.0360. The van der Waals surface area contributed by atoms with Gasteiger partial charge in [0.25, 0.3) is 0 Å². The van der Waals surface area contributed by atoms with Gasteiger partial charge >= 0.3 is 6.18 Å². The van der Waals surface area contributed by atoms with Crippen molar-refractivity contribution in [1.82, 2.24) is 4.90 Å². The van der Waals surface area contributed by atoms with Gasteiger partial charge in [0.1, 0.15) is 0 Å². The minimum atomic E-state index is -4.48. The zero-order valence-corrected chi connectivity index (χ0v) is 11.8. The van der Waals surface area contributed by atoms with Crippen LogP contribution in [0.15, 0.2) is 18.2 Å². The first-order chi connectivity index (χ1) is 9.86. The lowest BCUT2D eigenvalue weighted by atomic mass is 10.2. The van der Waals surface area contributed by atoms with Gasteiger partial charge in [-0.2, -0.15) is 13.2 Å². The molecule has 1 amide bonds. The van der Waals surface area contributed by atoms with Crippen LogP contribution in [0.3, 0.4) is 0 Å². The molecule has 0 aromatic heterocycles. The minimum Gasteiger partial charge on any atom is -0.378 e. The monoisotopic (exact) mass is 322 g/mol. The number of ether oxygens (including phenoxy) is 1. The fraction of sp³-hybridized carbons (Fsp3) is 0.462. The summed E-state index contributed by atoms with van der Waals surface area (Å²) < 4.78 is 43.1. The Labute approximate surface area is 124 Å². The molecule has 21 heavy (non-hydrogen) atoms. The first-order valence-electron chi connectivity index (χ1n) is 6.33. The molecule has 0 bridgehead atoms. The van der Waals surface area contributed by atoms with Crippen molar-refractivity contribution in [3.05, 3.63) is 28.8 Å². The molecule has 1 aromatic rings. The number of alkyl halides is 3. The highest BCUT2D eigenvalue weighted by Crippen LogP contribution is 2.33. The van der Waals surface area contributed by atoms with Crippen LogP contribution in [0.25, 0.3) is 0 Å². The summed E-state index contributed by atoms with van der Waals surface area (Å²) in [6.45, 7) is 1.84. The number of nitrogens with zero attached hydrogens (tertiary/aromatic N) is 1. The summed E-state index contributed by atoms with van der Waals surface area (Å²) >= 11 is 5.67. The van der Waals surface area contributed by atoms with Gasteiger partial charge in [0.05, 0.1) is 25.3 Å². The number of amides is 1. The number of anilines is 1. The smallest absolute Gasteiger partial charge is 0.378 e. The van der Waals surface area contributed by atoms with Crippen LogP contribution in [0.1, 0.15) is 5.56 Å². The molecule has 1 aliphatic rings. The molecular formula is C13H14ClF3N2O2. The largest absolute Gasteiger partial charge is 0.416 e. The standard InChI is InChI=1S/C13H14ClF3N2O2/c14-10-5-9(13(15,16)17)6-11(7-10)18-8-12(20)19-1-3-21-4-2-19/h5-7,18H,1-4,8H2. The van der Waals surface area contributed by atoms with Gasteiger partial charge < -0.3 is 15.0 Å². The average Bonchev–Trinajstić information content (AvgIpc) is 2.44. The molecule has 0 unspecified atom stereocenters. The molecule has 0 radical (unpaired) electrons. The van der Waals surface area contributed by atoms with Gasteiger partial charge in [0.2, 0.25) is 5.91 Å². The van der Waals surface area contributed by atoms with Gasteiger partial charge in [-0.25, -0.2) is 0 Å². The second-order valence-corrected chi connectivity index (χ2v) is 5.01. The summed E-state index contributed by atoms with van der Waals surface area (Å²) in [5.74, 6) is -0.188. The molecule has 0 atom stereocenters. The Morgan fingerprint density at radius 2 is 1.95 bits per heavy atom. The highest BCUT2D eigenvalue weighted by atomic mass is 35.5. The van der Waals surface area contributed by atoms with E-state index in [1.54, 1.807) is 4.90 Å². The Bertz CT molecular complexity index is 517. The van der Waals surface area contributed by atoms with E-state index < -0.39 is 11.7 Å². The van der Waals surface area contributed by atoms with Crippen LogP contribution in [0.4, 0.5) is 18.9 Å². The fourth-order valence-electron chi connectivity index (χ4n) is 1.96. The van der Waals surface area contributed by atoms with Gasteiger partial charge in [-0.1, -0.05) is 11.6 Å². The molecule has 2 rings (SSSR count). The van der Waals surface area contributed by atoms with E-state index in [1.165, 1.54) is 6.07 Å². The third-order valence-corrected chi connectivity index (χ3v) is 3.25. The molecule has 1 N–H and O–H groups in total. The van der Waals surface area contributed by atoms with Crippen molar-refractivity contribution in [1.29, 1.82) is 0 Å². The maximum Gasteiger partial charge on any atom is 0.416 e. The number of morpholine rings is 1. The Morgan fingerprint density at radius 1 is 1.29 bits per heavy atom. The lowest BCUT2D eigenvalue weighted by Crippen LogP contribution is -2.43. The first kappa shape index (κ1) is 15.9. The number of benzene rings is 1. The van der Waals surface area contributed by atoms with E-state index in [0.717, 1.165) is 12.1 Å². The zero-order valence-electron chi connectivity index (χ0n) is 11.0. The van der Waals surface area contributed by atoms with Crippen LogP contribution in [-0.4, -0.2) is 43.7 Å². The van der Waals surface area contributed by atoms with Crippen LogP contribution in [-0.2, 0) is 15.7 Å². The lowest BCUT2D eigenvalue weighted by Gasteiger charge is -2.27. The number of nitrogens with one attached hydrogen (secondary N) is 1. The van der Waals surface area contributed by atoms with Crippen molar-refractivity contribution in [2.24, 2.45) is 0 Å². The van der Waals surface area contributed by atoms with Crippen molar-refractivity contribution in [3.8, 4) is 0 Å². The normalized spacial score (nSPS) is 15.9. The first-order valence-corrected chi connectivity index (χ1v) is 6.71. The summed E-state index contributed by atoms with van der Waals surface area (Å²) in [5.41, 5.74) is -0.687. The number of carbonyl (C=O) groups excluding carboxylic acids is 1. The number of hydrogen-bond acceptors (Lipinski definition) is 3. The fourth-order valence-corrected chi connectivity index (χ4v) is 2.19. The van der Waals surface area contributed by atoms with E-state index in [2.05, 4.69) is 5.32 Å². The van der Waals surface area contributed by atoms with Crippen LogP contribution in [0.5, 0.6) is 0 Å². The number of halogens is 4. The predicted octanol–water partition coefficient (Wildman–Crippen LogP) is 2.63. The van der Waals surface area contributed by atoms with Gasteiger partial charge in [-0.3, -0.25) is 4.79 Å². The van der Waals surface area contributed by atoms with E-state index in [4.69, 9.17) is 16.3 Å². The van der Waals surface area contributed by atoms with Gasteiger partial charge in [0, 0.05) is 23.8 Å². The van der Waals surface area contributed by atoms with Crippen molar-refractivity contribution >= 4 is 23.2 Å². The van der Waals surface area contributed by atoms with Crippen molar-refractivity contribution < 1.29 is 22.7 Å².